The fraction of sp³-hybridized carbons (Fsp3) is 0.552. The summed E-state index contributed by atoms with van der Waals surface area (Å²) in [7, 11) is 1.64. The van der Waals surface area contributed by atoms with Crippen LogP contribution in [0.5, 0.6) is 11.5 Å². The van der Waals surface area contributed by atoms with E-state index >= 15 is 0 Å². The van der Waals surface area contributed by atoms with Gasteiger partial charge in [-0.05, 0) is 55.5 Å². The van der Waals surface area contributed by atoms with Crippen molar-refractivity contribution >= 4 is 11.7 Å². The molecule has 0 radical (unpaired) electrons. The zero-order chi connectivity index (χ0) is 27.5. The van der Waals surface area contributed by atoms with Gasteiger partial charge in [-0.1, -0.05) is 19.9 Å². The standard InChI is InChI=1S/C29H38N4O5/c1-6-29(4)19-33(27(34)11-12-37-28(2,3)35)18-23(29)21-8-9-24(36-5)25(13-21)38-22-16-32(17-22)26-10-7-20(14-30)15-31-26/h7-10,13,15,22-23,35H,6,11-12,16-19H2,1-5H3. The average Bonchev–Trinajstić information content (AvgIpc) is 3.23. The highest BCUT2D eigenvalue weighted by atomic mass is 16.6. The Morgan fingerprint density at radius 3 is 2.61 bits per heavy atom. The van der Waals surface area contributed by atoms with E-state index in [1.807, 2.05) is 17.0 Å². The molecule has 2 aliphatic rings. The van der Waals surface area contributed by atoms with Crippen molar-refractivity contribution in [1.29, 1.82) is 5.26 Å². The molecule has 0 saturated carbocycles. The van der Waals surface area contributed by atoms with Crippen LogP contribution in [0.3, 0.4) is 0 Å². The molecule has 0 bridgehead atoms. The SMILES string of the molecule is CCC1(C)CN(C(=O)CCOC(C)(C)O)CC1c1ccc(OC)c(OC2CN(c3ccc(C#N)cn3)C2)c1. The van der Waals surface area contributed by atoms with E-state index in [1.54, 1.807) is 33.2 Å². The highest BCUT2D eigenvalue weighted by molar-refractivity contribution is 5.77. The first kappa shape index (κ1) is 27.7. The Bertz CT molecular complexity index is 1170. The maximum atomic E-state index is 12.9. The van der Waals surface area contributed by atoms with Crippen LogP contribution in [-0.2, 0) is 9.53 Å². The van der Waals surface area contributed by atoms with Crippen LogP contribution in [0.2, 0.25) is 0 Å². The van der Waals surface area contributed by atoms with Gasteiger partial charge in [-0.25, -0.2) is 4.98 Å². The molecule has 2 saturated heterocycles. The number of aromatic nitrogens is 1. The van der Waals surface area contributed by atoms with Crippen molar-refractivity contribution in [3.05, 3.63) is 47.7 Å². The number of hydrogen-bond donors (Lipinski definition) is 1. The van der Waals surface area contributed by atoms with Gasteiger partial charge in [-0.3, -0.25) is 4.79 Å². The van der Waals surface area contributed by atoms with Gasteiger partial charge < -0.3 is 29.1 Å². The summed E-state index contributed by atoms with van der Waals surface area (Å²) in [6, 6.07) is 11.8. The molecule has 0 aliphatic carbocycles. The van der Waals surface area contributed by atoms with Crippen LogP contribution in [0.1, 0.15) is 57.6 Å². The number of anilines is 1. The molecule has 2 unspecified atom stereocenters. The van der Waals surface area contributed by atoms with Gasteiger partial charge in [0, 0.05) is 25.2 Å². The molecule has 0 spiro atoms. The van der Waals surface area contributed by atoms with Crippen molar-refractivity contribution in [2.24, 2.45) is 5.41 Å². The van der Waals surface area contributed by atoms with Gasteiger partial charge in [0.1, 0.15) is 18.0 Å². The minimum Gasteiger partial charge on any atom is -0.493 e. The normalized spacial score (nSPS) is 21.7. The fourth-order valence-corrected chi connectivity index (χ4v) is 5.17. The first-order valence-corrected chi connectivity index (χ1v) is 13.1. The smallest absolute Gasteiger partial charge is 0.224 e. The van der Waals surface area contributed by atoms with Crippen molar-refractivity contribution in [2.75, 3.05) is 44.8 Å². The maximum Gasteiger partial charge on any atom is 0.224 e. The molecule has 2 atom stereocenters. The predicted octanol–water partition coefficient (Wildman–Crippen LogP) is 3.71. The number of ether oxygens (including phenoxy) is 3. The van der Waals surface area contributed by atoms with Crippen molar-refractivity contribution in [1.82, 2.24) is 9.88 Å². The summed E-state index contributed by atoms with van der Waals surface area (Å²) in [4.78, 5) is 21.3. The number of nitriles is 1. The van der Waals surface area contributed by atoms with Crippen LogP contribution in [0.25, 0.3) is 0 Å². The van der Waals surface area contributed by atoms with Crippen LogP contribution in [0, 0.1) is 16.7 Å². The molecule has 1 aromatic carbocycles. The molecular weight excluding hydrogens is 484 g/mol. The van der Waals surface area contributed by atoms with E-state index in [-0.39, 0.29) is 36.4 Å². The lowest BCUT2D eigenvalue weighted by Crippen LogP contribution is -2.54. The highest BCUT2D eigenvalue weighted by Gasteiger charge is 2.44. The van der Waals surface area contributed by atoms with E-state index in [0.29, 0.717) is 43.2 Å². The largest absolute Gasteiger partial charge is 0.493 e. The molecule has 3 heterocycles. The Morgan fingerprint density at radius 1 is 1.24 bits per heavy atom. The molecule has 2 aromatic rings. The van der Waals surface area contributed by atoms with E-state index < -0.39 is 5.79 Å². The number of hydrogen-bond acceptors (Lipinski definition) is 8. The van der Waals surface area contributed by atoms with Crippen LogP contribution < -0.4 is 14.4 Å². The Morgan fingerprint density at radius 2 is 2.00 bits per heavy atom. The summed E-state index contributed by atoms with van der Waals surface area (Å²) >= 11 is 0. The lowest BCUT2D eigenvalue weighted by atomic mass is 9.74. The zero-order valence-electron chi connectivity index (χ0n) is 22.9. The van der Waals surface area contributed by atoms with Crippen LogP contribution in [-0.4, -0.2) is 72.7 Å². The highest BCUT2D eigenvalue weighted by Crippen LogP contribution is 2.47. The van der Waals surface area contributed by atoms with E-state index in [0.717, 1.165) is 17.8 Å². The number of nitrogens with zero attached hydrogens (tertiary/aromatic N) is 4. The molecule has 9 nitrogen and oxygen atoms in total. The molecule has 2 fully saturated rings. The van der Waals surface area contributed by atoms with Crippen LogP contribution >= 0.6 is 0 Å². The molecule has 1 aromatic heterocycles. The molecule has 1 amide bonds. The number of aliphatic hydroxyl groups is 1. The van der Waals surface area contributed by atoms with Crippen LogP contribution in [0.4, 0.5) is 5.82 Å². The van der Waals surface area contributed by atoms with Gasteiger partial charge in [-0.15, -0.1) is 0 Å². The number of pyridine rings is 1. The fourth-order valence-electron chi connectivity index (χ4n) is 5.17. The number of likely N-dealkylation sites (tertiary alicyclic amines) is 1. The quantitative estimate of drug-likeness (QED) is 0.471. The third-order valence-electron chi connectivity index (χ3n) is 7.66. The Hall–Kier alpha value is -3.35. The monoisotopic (exact) mass is 522 g/mol. The first-order valence-electron chi connectivity index (χ1n) is 13.1. The summed E-state index contributed by atoms with van der Waals surface area (Å²) in [5.74, 6) is 1.14. The zero-order valence-corrected chi connectivity index (χ0v) is 22.9. The molecule has 38 heavy (non-hydrogen) atoms. The summed E-state index contributed by atoms with van der Waals surface area (Å²) in [6.07, 6.45) is 2.74. The first-order chi connectivity index (χ1) is 18.0. The van der Waals surface area contributed by atoms with E-state index in [4.69, 9.17) is 19.5 Å². The maximum absolute atomic E-state index is 12.9. The van der Waals surface area contributed by atoms with E-state index in [1.165, 1.54) is 0 Å². The Balaban J connectivity index is 1.43. The van der Waals surface area contributed by atoms with Gasteiger partial charge in [-0.2, -0.15) is 5.26 Å². The lowest BCUT2D eigenvalue weighted by molar-refractivity contribution is -0.178. The number of amides is 1. The second-order valence-corrected chi connectivity index (χ2v) is 11.0. The molecule has 4 rings (SSSR count). The van der Waals surface area contributed by atoms with Crippen molar-refractivity contribution < 1.29 is 24.1 Å². The predicted molar refractivity (Wildman–Crippen MR) is 143 cm³/mol. The van der Waals surface area contributed by atoms with Gasteiger partial charge >= 0.3 is 0 Å². The third kappa shape index (κ3) is 6.20. The summed E-state index contributed by atoms with van der Waals surface area (Å²) in [5, 5.41) is 18.7. The molecular formula is C29H38N4O5. The minimum absolute atomic E-state index is 0.00779. The van der Waals surface area contributed by atoms with Gasteiger partial charge in [0.25, 0.3) is 0 Å². The summed E-state index contributed by atoms with van der Waals surface area (Å²) in [5.41, 5.74) is 1.59. The molecule has 2 aliphatic heterocycles. The second-order valence-electron chi connectivity index (χ2n) is 11.0. The average molecular weight is 523 g/mol. The molecule has 204 valence electrons. The number of methoxy groups -OCH3 is 1. The van der Waals surface area contributed by atoms with Gasteiger partial charge in [0.05, 0.1) is 38.8 Å². The van der Waals surface area contributed by atoms with Crippen molar-refractivity contribution in [3.8, 4) is 17.6 Å². The van der Waals surface area contributed by atoms with Gasteiger partial charge in [0.2, 0.25) is 5.91 Å². The summed E-state index contributed by atoms with van der Waals surface area (Å²) < 4.78 is 17.3. The van der Waals surface area contributed by atoms with E-state index in [2.05, 4.69) is 41.9 Å². The second kappa shape index (κ2) is 11.2. The third-order valence-corrected chi connectivity index (χ3v) is 7.66. The topological polar surface area (TPSA) is 108 Å². The minimum atomic E-state index is -1.25. The lowest BCUT2D eigenvalue weighted by Gasteiger charge is -2.40. The number of rotatable bonds is 10. The van der Waals surface area contributed by atoms with Crippen molar-refractivity contribution in [3.63, 3.8) is 0 Å². The summed E-state index contributed by atoms with van der Waals surface area (Å²) in [6.45, 7) is 10.4. The molecule has 1 N–H and O–H groups in total. The Labute approximate surface area is 224 Å². The van der Waals surface area contributed by atoms with Gasteiger partial charge in [0.15, 0.2) is 17.3 Å². The van der Waals surface area contributed by atoms with Crippen LogP contribution in [0.15, 0.2) is 36.5 Å². The van der Waals surface area contributed by atoms with Crippen molar-refractivity contribution in [2.45, 2.75) is 58.3 Å². The molecule has 9 heteroatoms. The number of carbonyl (C=O) groups is 1. The number of carbonyl (C=O) groups excluding carboxylic acids is 1. The number of benzene rings is 1. The van der Waals surface area contributed by atoms with E-state index in [9.17, 15) is 9.90 Å². The Kier molecular flexibility index (Phi) is 8.14.